The molecule has 3 aliphatic carbocycles. The molecule has 1 aromatic heterocycles. The number of halogens is 1. The Bertz CT molecular complexity index is 950. The van der Waals surface area contributed by atoms with E-state index in [4.69, 9.17) is 9.47 Å². The lowest BCUT2D eigenvalue weighted by Gasteiger charge is -2.51. The molecule has 5 atom stereocenters. The van der Waals surface area contributed by atoms with Crippen molar-refractivity contribution < 1.29 is 27.1 Å². The van der Waals surface area contributed by atoms with E-state index in [1.54, 1.807) is 4.90 Å². The maximum absolute atomic E-state index is 13.2. The van der Waals surface area contributed by atoms with E-state index in [0.29, 0.717) is 24.1 Å². The lowest BCUT2D eigenvalue weighted by molar-refractivity contribution is -0.0780. The summed E-state index contributed by atoms with van der Waals surface area (Å²) in [6.07, 6.45) is 5.13. The van der Waals surface area contributed by atoms with Gasteiger partial charge in [0, 0.05) is 32.1 Å². The van der Waals surface area contributed by atoms with Gasteiger partial charge in [-0.15, -0.1) is 0 Å². The Morgan fingerprint density at radius 3 is 2.42 bits per heavy atom. The van der Waals surface area contributed by atoms with Crippen LogP contribution in [-0.4, -0.2) is 85.7 Å². The molecule has 12 heteroatoms. The van der Waals surface area contributed by atoms with Crippen molar-refractivity contribution in [1.29, 1.82) is 0 Å². The first-order valence-electron chi connectivity index (χ1n) is 11.3. The maximum Gasteiger partial charge on any atom is 0.410 e. The second-order valence-corrected chi connectivity index (χ2v) is 11.4. The summed E-state index contributed by atoms with van der Waals surface area (Å²) in [5.74, 6) is 1.23. The van der Waals surface area contributed by atoms with Gasteiger partial charge in [0.15, 0.2) is 5.82 Å². The molecule has 33 heavy (non-hydrogen) atoms. The van der Waals surface area contributed by atoms with Crippen molar-refractivity contribution in [2.45, 2.75) is 62.8 Å². The molecule has 1 saturated heterocycles. The zero-order valence-corrected chi connectivity index (χ0v) is 20.2. The number of likely N-dealkylation sites (tertiary alicyclic amines) is 1. The molecule has 1 aliphatic heterocycles. The minimum atomic E-state index is -3.67. The number of carbonyl (C=O) groups is 1. The Labute approximate surface area is 194 Å². The van der Waals surface area contributed by atoms with Gasteiger partial charge in [-0.25, -0.2) is 19.2 Å². The summed E-state index contributed by atoms with van der Waals surface area (Å²) in [5.41, 5.74) is 0. The highest BCUT2D eigenvalue weighted by atomic mass is 32.2. The number of methoxy groups -OCH3 is 1. The van der Waals surface area contributed by atoms with Crippen molar-refractivity contribution in [2.75, 3.05) is 27.8 Å². The molecule has 4 aliphatic rings. The molecule has 2 unspecified atom stereocenters. The highest BCUT2D eigenvalue weighted by Crippen LogP contribution is 2.55. The molecule has 10 nitrogen and oxygen atoms in total. The Hall–Kier alpha value is -1.89. The summed E-state index contributed by atoms with van der Waals surface area (Å²) in [5, 5.41) is 0. The van der Waals surface area contributed by atoms with Crippen molar-refractivity contribution in [2.24, 2.45) is 11.8 Å². The van der Waals surface area contributed by atoms with E-state index in [9.17, 15) is 17.6 Å². The lowest BCUT2D eigenvalue weighted by Crippen LogP contribution is -2.53. The van der Waals surface area contributed by atoms with Crippen LogP contribution in [0.5, 0.6) is 0 Å². The van der Waals surface area contributed by atoms with Crippen LogP contribution in [0.15, 0.2) is 12.4 Å². The summed E-state index contributed by atoms with van der Waals surface area (Å²) in [6, 6.07) is -1.15. The third-order valence-electron chi connectivity index (χ3n) is 7.25. The molecular formula is C21H32FN5O5S. The molecule has 2 heterocycles. The number of carbonyl (C=O) groups excluding carboxylic acids is 1. The standard InChI is InChI=1S/C21H32FN5O5S/c1-12-5-17(25-33(29,30)26(2)3)18(27(12)21(28)31-4)11-32-16-7-13-6-14(8-16)19(13)20-23-9-15(22)10-24-20/h9-10,12-14,16-19,25H,5-8,11H2,1-4H3/t12-,13?,14?,16?,17+,18+,19?/m1/s1. The summed E-state index contributed by atoms with van der Waals surface area (Å²) in [7, 11) is 0.561. The summed E-state index contributed by atoms with van der Waals surface area (Å²) in [6.45, 7) is 2.08. The average molecular weight is 486 g/mol. The summed E-state index contributed by atoms with van der Waals surface area (Å²) < 4.78 is 53.1. The summed E-state index contributed by atoms with van der Waals surface area (Å²) in [4.78, 5) is 22.3. The molecule has 184 valence electrons. The van der Waals surface area contributed by atoms with E-state index in [0.717, 1.165) is 23.6 Å². The number of hydrogen-bond acceptors (Lipinski definition) is 7. The molecular weight excluding hydrogens is 453 g/mol. The van der Waals surface area contributed by atoms with E-state index < -0.39 is 34.2 Å². The van der Waals surface area contributed by atoms with Gasteiger partial charge in [0.25, 0.3) is 10.2 Å². The quantitative estimate of drug-likeness (QED) is 0.623. The van der Waals surface area contributed by atoms with E-state index in [1.165, 1.54) is 33.6 Å². The maximum atomic E-state index is 13.2. The predicted octanol–water partition coefficient (Wildman–Crippen LogP) is 1.51. The van der Waals surface area contributed by atoms with Gasteiger partial charge in [-0.3, -0.25) is 4.90 Å². The fourth-order valence-electron chi connectivity index (χ4n) is 5.61. The first-order valence-corrected chi connectivity index (χ1v) is 12.7. The van der Waals surface area contributed by atoms with Gasteiger partial charge in [-0.1, -0.05) is 0 Å². The normalized spacial score (nSPS) is 33.8. The Morgan fingerprint density at radius 1 is 1.21 bits per heavy atom. The minimum absolute atomic E-state index is 0.00644. The number of aromatic nitrogens is 2. The van der Waals surface area contributed by atoms with Crippen LogP contribution in [0.1, 0.15) is 44.3 Å². The molecule has 1 amide bonds. The second kappa shape index (κ2) is 9.40. The Balaban J connectivity index is 1.40. The van der Waals surface area contributed by atoms with E-state index in [2.05, 4.69) is 14.7 Å². The zero-order chi connectivity index (χ0) is 23.9. The van der Waals surface area contributed by atoms with Crippen LogP contribution < -0.4 is 4.72 Å². The van der Waals surface area contributed by atoms with Crippen molar-refractivity contribution in [3.63, 3.8) is 0 Å². The highest BCUT2D eigenvalue weighted by molar-refractivity contribution is 7.87. The van der Waals surface area contributed by atoms with E-state index in [-0.39, 0.29) is 24.7 Å². The number of hydrogen-bond donors (Lipinski definition) is 1. The van der Waals surface area contributed by atoms with Gasteiger partial charge in [0.05, 0.1) is 38.3 Å². The molecule has 0 spiro atoms. The second-order valence-electron chi connectivity index (χ2n) is 9.51. The van der Waals surface area contributed by atoms with Crippen molar-refractivity contribution >= 4 is 16.3 Å². The number of rotatable bonds is 7. The molecule has 2 bridgehead atoms. The Morgan fingerprint density at radius 2 is 1.85 bits per heavy atom. The molecule has 3 saturated carbocycles. The number of nitrogens with one attached hydrogen (secondary N) is 1. The van der Waals surface area contributed by atoms with Crippen LogP contribution >= 0.6 is 0 Å². The molecule has 0 radical (unpaired) electrons. The van der Waals surface area contributed by atoms with Gasteiger partial charge in [0.2, 0.25) is 0 Å². The highest BCUT2D eigenvalue weighted by Gasteiger charge is 2.50. The van der Waals surface area contributed by atoms with E-state index in [1.807, 2.05) is 6.92 Å². The topological polar surface area (TPSA) is 114 Å². The van der Waals surface area contributed by atoms with Crippen LogP contribution in [0.4, 0.5) is 9.18 Å². The molecule has 0 aromatic carbocycles. The van der Waals surface area contributed by atoms with Crippen molar-refractivity contribution in [3.8, 4) is 0 Å². The smallest absolute Gasteiger partial charge is 0.410 e. The minimum Gasteiger partial charge on any atom is -0.453 e. The number of amides is 1. The zero-order valence-electron chi connectivity index (χ0n) is 19.3. The fraction of sp³-hybridized carbons (Fsp3) is 0.762. The molecule has 4 fully saturated rings. The number of ether oxygens (including phenoxy) is 2. The molecule has 1 N–H and O–H groups in total. The van der Waals surface area contributed by atoms with Crippen molar-refractivity contribution in [1.82, 2.24) is 23.9 Å². The van der Waals surface area contributed by atoms with Gasteiger partial charge in [-0.05, 0) is 44.4 Å². The van der Waals surface area contributed by atoms with Gasteiger partial charge < -0.3 is 9.47 Å². The number of fused-ring (bicyclic) bond motifs is 2. The first-order chi connectivity index (χ1) is 15.6. The van der Waals surface area contributed by atoms with Gasteiger partial charge in [-0.2, -0.15) is 17.4 Å². The SMILES string of the molecule is COC(=O)N1[C@H](C)C[C@H](NS(=O)(=O)N(C)C)[C@@H]1COC1CC2CC(C1)C2c1ncc(F)cn1. The monoisotopic (exact) mass is 485 g/mol. The first kappa shape index (κ1) is 24.2. The molecule has 1 aromatic rings. The average Bonchev–Trinajstić information content (AvgIpc) is 3.07. The third kappa shape index (κ3) is 4.84. The van der Waals surface area contributed by atoms with Crippen LogP contribution in [0, 0.1) is 17.7 Å². The summed E-state index contributed by atoms with van der Waals surface area (Å²) >= 11 is 0. The van der Waals surface area contributed by atoms with Crippen LogP contribution in [0.25, 0.3) is 0 Å². The van der Waals surface area contributed by atoms with Crippen LogP contribution in [0.2, 0.25) is 0 Å². The van der Waals surface area contributed by atoms with Crippen molar-refractivity contribution in [3.05, 3.63) is 24.0 Å². The van der Waals surface area contributed by atoms with Crippen LogP contribution in [-0.2, 0) is 19.7 Å². The largest absolute Gasteiger partial charge is 0.453 e. The predicted molar refractivity (Wildman–Crippen MR) is 117 cm³/mol. The molecule has 5 rings (SSSR count). The van der Waals surface area contributed by atoms with Gasteiger partial charge >= 0.3 is 6.09 Å². The third-order valence-corrected chi connectivity index (χ3v) is 8.81. The van der Waals surface area contributed by atoms with E-state index >= 15 is 0 Å². The lowest BCUT2D eigenvalue weighted by atomic mass is 9.56. The van der Waals surface area contributed by atoms with Gasteiger partial charge in [0.1, 0.15) is 5.82 Å². The van der Waals surface area contributed by atoms with Crippen LogP contribution in [0.3, 0.4) is 0 Å². The Kier molecular flexibility index (Phi) is 6.90. The number of nitrogens with zero attached hydrogens (tertiary/aromatic N) is 4. The fourth-order valence-corrected chi connectivity index (χ4v) is 6.46.